The first-order chi connectivity index (χ1) is 8.36. The van der Waals surface area contributed by atoms with Gasteiger partial charge in [-0.15, -0.1) is 0 Å². The van der Waals surface area contributed by atoms with Crippen LogP contribution in [0.15, 0.2) is 18.3 Å². The van der Waals surface area contributed by atoms with E-state index in [1.807, 2.05) is 26.2 Å². The third-order valence-electron chi connectivity index (χ3n) is 3.38. The van der Waals surface area contributed by atoms with Crippen molar-refractivity contribution in [1.29, 1.82) is 0 Å². The molecule has 0 saturated carbocycles. The molecule has 0 amide bonds. The average Bonchev–Trinajstić information content (AvgIpc) is 2.36. The SMILES string of the molecule is CCC(N)c1ccc(OCC(C)(C)N(C)C)cn1. The van der Waals surface area contributed by atoms with Crippen LogP contribution in [0.2, 0.25) is 0 Å². The van der Waals surface area contributed by atoms with Crippen LogP contribution in [0, 0.1) is 0 Å². The number of pyridine rings is 1. The molecule has 1 aromatic rings. The predicted molar refractivity (Wildman–Crippen MR) is 74.7 cm³/mol. The van der Waals surface area contributed by atoms with Gasteiger partial charge in [-0.1, -0.05) is 6.92 Å². The molecule has 0 spiro atoms. The highest BCUT2D eigenvalue weighted by Gasteiger charge is 2.21. The summed E-state index contributed by atoms with van der Waals surface area (Å²) in [6.07, 6.45) is 2.64. The van der Waals surface area contributed by atoms with Crippen molar-refractivity contribution in [3.8, 4) is 5.75 Å². The van der Waals surface area contributed by atoms with Gasteiger partial charge in [0.25, 0.3) is 0 Å². The summed E-state index contributed by atoms with van der Waals surface area (Å²) in [6.45, 7) is 6.96. The summed E-state index contributed by atoms with van der Waals surface area (Å²) in [5.74, 6) is 0.789. The maximum atomic E-state index is 5.92. The summed E-state index contributed by atoms with van der Waals surface area (Å²) in [7, 11) is 4.09. The van der Waals surface area contributed by atoms with Crippen LogP contribution in [0.4, 0.5) is 0 Å². The Morgan fingerprint density at radius 1 is 1.39 bits per heavy atom. The van der Waals surface area contributed by atoms with Crippen molar-refractivity contribution in [1.82, 2.24) is 9.88 Å². The average molecular weight is 251 g/mol. The monoisotopic (exact) mass is 251 g/mol. The lowest BCUT2D eigenvalue weighted by Crippen LogP contribution is -2.43. The van der Waals surface area contributed by atoms with Gasteiger partial charge in [-0.3, -0.25) is 4.98 Å². The van der Waals surface area contributed by atoms with Crippen molar-refractivity contribution >= 4 is 0 Å². The fourth-order valence-electron chi connectivity index (χ4n) is 1.29. The molecule has 0 radical (unpaired) electrons. The van der Waals surface area contributed by atoms with Gasteiger partial charge >= 0.3 is 0 Å². The number of hydrogen-bond donors (Lipinski definition) is 1. The lowest BCUT2D eigenvalue weighted by molar-refractivity contribution is 0.114. The quantitative estimate of drug-likeness (QED) is 0.842. The summed E-state index contributed by atoms with van der Waals surface area (Å²) in [5.41, 5.74) is 6.83. The standard InChI is InChI=1S/C14H25N3O/c1-6-12(15)13-8-7-11(9-16-13)18-10-14(2,3)17(4)5/h7-9,12H,6,10,15H2,1-5H3. The van der Waals surface area contributed by atoms with Crippen molar-refractivity contribution in [2.24, 2.45) is 5.73 Å². The molecule has 0 fully saturated rings. The van der Waals surface area contributed by atoms with Gasteiger partial charge in [-0.2, -0.15) is 0 Å². The molecule has 0 bridgehead atoms. The van der Waals surface area contributed by atoms with E-state index in [0.717, 1.165) is 17.9 Å². The Balaban J connectivity index is 2.59. The molecule has 0 aliphatic rings. The van der Waals surface area contributed by atoms with Crippen molar-refractivity contribution in [3.63, 3.8) is 0 Å². The van der Waals surface area contributed by atoms with Gasteiger partial charge in [0.2, 0.25) is 0 Å². The number of nitrogens with two attached hydrogens (primary N) is 1. The second kappa shape index (κ2) is 6.16. The summed E-state index contributed by atoms with van der Waals surface area (Å²) in [4.78, 5) is 6.47. The van der Waals surface area contributed by atoms with Crippen LogP contribution in [-0.4, -0.2) is 36.1 Å². The van der Waals surface area contributed by atoms with E-state index in [4.69, 9.17) is 10.5 Å². The van der Waals surface area contributed by atoms with E-state index in [9.17, 15) is 0 Å². The smallest absolute Gasteiger partial charge is 0.137 e. The molecule has 1 aromatic heterocycles. The molecule has 102 valence electrons. The minimum Gasteiger partial charge on any atom is -0.490 e. The normalized spacial score (nSPS) is 13.7. The maximum absolute atomic E-state index is 5.92. The first kappa shape index (κ1) is 14.9. The second-order valence-electron chi connectivity index (χ2n) is 5.43. The second-order valence-corrected chi connectivity index (χ2v) is 5.43. The molecule has 1 heterocycles. The number of hydrogen-bond acceptors (Lipinski definition) is 4. The highest BCUT2D eigenvalue weighted by Crippen LogP contribution is 2.17. The third kappa shape index (κ3) is 3.96. The van der Waals surface area contributed by atoms with Gasteiger partial charge < -0.3 is 15.4 Å². The van der Waals surface area contributed by atoms with Crippen molar-refractivity contribution in [3.05, 3.63) is 24.0 Å². The Kier molecular flexibility index (Phi) is 5.11. The van der Waals surface area contributed by atoms with E-state index < -0.39 is 0 Å². The van der Waals surface area contributed by atoms with Crippen molar-refractivity contribution < 1.29 is 4.74 Å². The molecular weight excluding hydrogens is 226 g/mol. The summed E-state index contributed by atoms with van der Waals surface area (Å²) in [6, 6.07) is 3.88. The topological polar surface area (TPSA) is 51.4 Å². The lowest BCUT2D eigenvalue weighted by Gasteiger charge is -2.32. The van der Waals surface area contributed by atoms with Gasteiger partial charge in [0.05, 0.1) is 11.9 Å². The number of nitrogens with zero attached hydrogens (tertiary/aromatic N) is 2. The molecule has 0 aliphatic heterocycles. The molecule has 0 aromatic carbocycles. The largest absolute Gasteiger partial charge is 0.490 e. The van der Waals surface area contributed by atoms with Crippen LogP contribution in [0.3, 0.4) is 0 Å². The zero-order valence-corrected chi connectivity index (χ0v) is 12.1. The van der Waals surface area contributed by atoms with Crippen LogP contribution in [-0.2, 0) is 0 Å². The summed E-state index contributed by atoms with van der Waals surface area (Å²) < 4.78 is 5.76. The van der Waals surface area contributed by atoms with Gasteiger partial charge in [0.15, 0.2) is 0 Å². The first-order valence-corrected chi connectivity index (χ1v) is 6.38. The number of aromatic nitrogens is 1. The van der Waals surface area contributed by atoms with Gasteiger partial charge in [-0.25, -0.2) is 0 Å². The Bertz CT molecular complexity index is 360. The number of rotatable bonds is 6. The minimum atomic E-state index is -0.00150. The maximum Gasteiger partial charge on any atom is 0.137 e. The van der Waals surface area contributed by atoms with E-state index in [2.05, 4.69) is 30.7 Å². The van der Waals surface area contributed by atoms with E-state index in [1.54, 1.807) is 6.20 Å². The van der Waals surface area contributed by atoms with Crippen LogP contribution < -0.4 is 10.5 Å². The molecule has 1 unspecified atom stereocenters. The van der Waals surface area contributed by atoms with Crippen molar-refractivity contribution in [2.75, 3.05) is 20.7 Å². The molecule has 18 heavy (non-hydrogen) atoms. The van der Waals surface area contributed by atoms with E-state index in [1.165, 1.54) is 0 Å². The third-order valence-corrected chi connectivity index (χ3v) is 3.38. The fourth-order valence-corrected chi connectivity index (χ4v) is 1.29. The molecule has 1 atom stereocenters. The number of likely N-dealkylation sites (N-methyl/N-ethyl adjacent to an activating group) is 1. The van der Waals surface area contributed by atoms with E-state index in [0.29, 0.717) is 6.61 Å². The fraction of sp³-hybridized carbons (Fsp3) is 0.643. The molecule has 4 nitrogen and oxygen atoms in total. The van der Waals surface area contributed by atoms with E-state index >= 15 is 0 Å². The molecular formula is C14H25N3O. The Morgan fingerprint density at radius 3 is 2.50 bits per heavy atom. The Morgan fingerprint density at radius 2 is 2.06 bits per heavy atom. The Labute approximate surface area is 110 Å². The molecule has 0 saturated heterocycles. The van der Waals surface area contributed by atoms with Crippen LogP contribution in [0.1, 0.15) is 38.9 Å². The first-order valence-electron chi connectivity index (χ1n) is 6.38. The minimum absolute atomic E-state index is 0.00150. The number of ether oxygens (including phenoxy) is 1. The summed E-state index contributed by atoms with van der Waals surface area (Å²) in [5, 5.41) is 0. The van der Waals surface area contributed by atoms with Crippen LogP contribution in [0.25, 0.3) is 0 Å². The van der Waals surface area contributed by atoms with Gasteiger partial charge in [0, 0.05) is 11.6 Å². The zero-order valence-electron chi connectivity index (χ0n) is 12.1. The van der Waals surface area contributed by atoms with Crippen LogP contribution >= 0.6 is 0 Å². The molecule has 0 aliphatic carbocycles. The zero-order chi connectivity index (χ0) is 13.8. The highest BCUT2D eigenvalue weighted by molar-refractivity contribution is 5.21. The van der Waals surface area contributed by atoms with Gasteiger partial charge in [0.1, 0.15) is 12.4 Å². The predicted octanol–water partition coefficient (Wildman–Crippen LogP) is 2.21. The molecule has 1 rings (SSSR count). The Hall–Kier alpha value is -1.13. The molecule has 4 heteroatoms. The van der Waals surface area contributed by atoms with Crippen LogP contribution in [0.5, 0.6) is 5.75 Å². The highest BCUT2D eigenvalue weighted by atomic mass is 16.5. The van der Waals surface area contributed by atoms with Crippen molar-refractivity contribution in [2.45, 2.75) is 38.8 Å². The van der Waals surface area contributed by atoms with Gasteiger partial charge in [-0.05, 0) is 46.5 Å². The summed E-state index contributed by atoms with van der Waals surface area (Å²) >= 11 is 0. The lowest BCUT2D eigenvalue weighted by atomic mass is 10.1. The van der Waals surface area contributed by atoms with E-state index in [-0.39, 0.29) is 11.6 Å². The molecule has 2 N–H and O–H groups in total.